The second kappa shape index (κ2) is 9.20. The zero-order valence-electron chi connectivity index (χ0n) is 14.5. The summed E-state index contributed by atoms with van der Waals surface area (Å²) in [7, 11) is 0. The Kier molecular flexibility index (Phi) is 6.44. The quantitative estimate of drug-likeness (QED) is 0.567. The van der Waals surface area contributed by atoms with Gasteiger partial charge in [0.1, 0.15) is 0 Å². The Morgan fingerprint density at radius 2 is 2.00 bits per heavy atom. The number of esters is 1. The van der Waals surface area contributed by atoms with E-state index in [2.05, 4.69) is 22.4 Å². The van der Waals surface area contributed by atoms with Crippen LogP contribution in [0.4, 0.5) is 0 Å². The van der Waals surface area contributed by atoms with Crippen LogP contribution >= 0.6 is 11.3 Å². The maximum atomic E-state index is 11.8. The SMILES string of the molecule is O=C(COC(=O)CCCc1cccs1)NCCc1c[nH]c2ccccc12. The summed E-state index contributed by atoms with van der Waals surface area (Å²) in [5.74, 6) is -0.593. The molecule has 0 unspecified atom stereocenters. The lowest BCUT2D eigenvalue weighted by molar-refractivity contribution is -0.148. The standard InChI is InChI=1S/C20H22N2O3S/c23-19(14-25-20(24)9-3-5-16-6-4-12-26-16)21-11-10-15-13-22-18-8-2-1-7-17(15)18/h1-2,4,6-8,12-13,22H,3,5,9-11,14H2,(H,21,23). The van der Waals surface area contributed by atoms with Gasteiger partial charge in [-0.05, 0) is 42.3 Å². The van der Waals surface area contributed by atoms with Crippen LogP contribution in [0.1, 0.15) is 23.3 Å². The first-order chi connectivity index (χ1) is 12.7. The first-order valence-corrected chi connectivity index (χ1v) is 9.60. The highest BCUT2D eigenvalue weighted by atomic mass is 32.1. The molecule has 136 valence electrons. The molecule has 0 bridgehead atoms. The number of amides is 1. The number of hydrogen-bond donors (Lipinski definition) is 2. The fraction of sp³-hybridized carbons (Fsp3) is 0.300. The fourth-order valence-electron chi connectivity index (χ4n) is 2.81. The first kappa shape index (κ1) is 18.2. The minimum Gasteiger partial charge on any atom is -0.456 e. The van der Waals surface area contributed by atoms with Gasteiger partial charge in [-0.3, -0.25) is 9.59 Å². The van der Waals surface area contributed by atoms with Crippen LogP contribution in [-0.2, 0) is 27.2 Å². The van der Waals surface area contributed by atoms with Crippen LogP contribution in [-0.4, -0.2) is 30.0 Å². The van der Waals surface area contributed by atoms with Crippen LogP contribution < -0.4 is 5.32 Å². The molecule has 0 spiro atoms. The van der Waals surface area contributed by atoms with Crippen molar-refractivity contribution in [3.05, 3.63) is 58.4 Å². The molecule has 0 aliphatic heterocycles. The number of fused-ring (bicyclic) bond motifs is 1. The third-order valence-corrected chi connectivity index (χ3v) is 5.08. The van der Waals surface area contributed by atoms with Gasteiger partial charge in [-0.25, -0.2) is 0 Å². The van der Waals surface area contributed by atoms with Gasteiger partial charge in [0.2, 0.25) is 0 Å². The van der Waals surface area contributed by atoms with E-state index in [-0.39, 0.29) is 18.5 Å². The molecule has 0 saturated heterocycles. The lowest BCUT2D eigenvalue weighted by Gasteiger charge is -2.06. The number of ether oxygens (including phenoxy) is 1. The Morgan fingerprint density at radius 1 is 1.12 bits per heavy atom. The van der Waals surface area contributed by atoms with Crippen LogP contribution in [0.2, 0.25) is 0 Å². The average Bonchev–Trinajstić information content (AvgIpc) is 3.30. The number of benzene rings is 1. The summed E-state index contributed by atoms with van der Waals surface area (Å²) in [6.07, 6.45) is 4.63. The predicted molar refractivity (Wildman–Crippen MR) is 103 cm³/mol. The van der Waals surface area contributed by atoms with Crippen LogP contribution in [0, 0.1) is 0 Å². The summed E-state index contributed by atoms with van der Waals surface area (Å²) in [6.45, 7) is 0.294. The summed E-state index contributed by atoms with van der Waals surface area (Å²) < 4.78 is 5.03. The second-order valence-corrected chi connectivity index (χ2v) is 7.09. The second-order valence-electron chi connectivity index (χ2n) is 6.05. The number of para-hydroxylation sites is 1. The number of nitrogens with one attached hydrogen (secondary N) is 2. The minimum atomic E-state index is -0.326. The van der Waals surface area contributed by atoms with Crippen molar-refractivity contribution in [3.63, 3.8) is 0 Å². The predicted octanol–water partition coefficient (Wildman–Crippen LogP) is 3.45. The Hall–Kier alpha value is -2.60. The monoisotopic (exact) mass is 370 g/mol. The molecule has 1 amide bonds. The van der Waals surface area contributed by atoms with Gasteiger partial charge in [0.05, 0.1) is 0 Å². The number of carbonyl (C=O) groups excluding carboxylic acids is 2. The number of rotatable bonds is 9. The first-order valence-electron chi connectivity index (χ1n) is 8.72. The molecule has 3 rings (SSSR count). The zero-order valence-corrected chi connectivity index (χ0v) is 15.3. The number of H-pyrrole nitrogens is 1. The van der Waals surface area contributed by atoms with Crippen LogP contribution in [0.15, 0.2) is 48.0 Å². The molecule has 26 heavy (non-hydrogen) atoms. The van der Waals surface area contributed by atoms with Crippen molar-refractivity contribution in [1.29, 1.82) is 0 Å². The smallest absolute Gasteiger partial charge is 0.306 e. The normalized spacial score (nSPS) is 10.8. The van der Waals surface area contributed by atoms with Crippen molar-refractivity contribution in [2.75, 3.05) is 13.2 Å². The molecular formula is C20H22N2O3S. The van der Waals surface area contributed by atoms with Gasteiger partial charge in [0.25, 0.3) is 5.91 Å². The fourth-order valence-corrected chi connectivity index (χ4v) is 3.56. The molecule has 0 aliphatic carbocycles. The number of hydrogen-bond acceptors (Lipinski definition) is 4. The molecule has 2 N–H and O–H groups in total. The van der Waals surface area contributed by atoms with E-state index in [1.807, 2.05) is 35.8 Å². The number of carbonyl (C=O) groups is 2. The molecule has 0 atom stereocenters. The number of aromatic amines is 1. The van der Waals surface area contributed by atoms with Crippen molar-refractivity contribution in [3.8, 4) is 0 Å². The molecule has 0 saturated carbocycles. The highest BCUT2D eigenvalue weighted by Crippen LogP contribution is 2.17. The van der Waals surface area contributed by atoms with E-state index in [0.29, 0.717) is 13.0 Å². The van der Waals surface area contributed by atoms with E-state index in [1.54, 1.807) is 11.3 Å². The van der Waals surface area contributed by atoms with Gasteiger partial charge in [0.15, 0.2) is 6.61 Å². The maximum Gasteiger partial charge on any atom is 0.306 e. The van der Waals surface area contributed by atoms with Crippen molar-refractivity contribution in [1.82, 2.24) is 10.3 Å². The highest BCUT2D eigenvalue weighted by Gasteiger charge is 2.08. The molecule has 2 heterocycles. The van der Waals surface area contributed by atoms with Gasteiger partial charge in [-0.1, -0.05) is 24.3 Å². The summed E-state index contributed by atoms with van der Waals surface area (Å²) in [4.78, 5) is 28.0. The summed E-state index contributed by atoms with van der Waals surface area (Å²) >= 11 is 1.68. The molecule has 3 aromatic rings. The average molecular weight is 370 g/mol. The molecule has 2 aromatic heterocycles. The Bertz CT molecular complexity index is 855. The summed E-state index contributed by atoms with van der Waals surface area (Å²) in [6, 6.07) is 12.1. The van der Waals surface area contributed by atoms with Gasteiger partial charge >= 0.3 is 5.97 Å². The molecular weight excluding hydrogens is 348 g/mol. The third-order valence-electron chi connectivity index (χ3n) is 4.14. The van der Waals surface area contributed by atoms with E-state index in [9.17, 15) is 9.59 Å². The maximum absolute atomic E-state index is 11.8. The van der Waals surface area contributed by atoms with E-state index in [1.165, 1.54) is 10.3 Å². The van der Waals surface area contributed by atoms with E-state index < -0.39 is 0 Å². The van der Waals surface area contributed by atoms with Crippen molar-refractivity contribution in [2.24, 2.45) is 0 Å². The lowest BCUT2D eigenvalue weighted by Crippen LogP contribution is -2.30. The highest BCUT2D eigenvalue weighted by molar-refractivity contribution is 7.09. The minimum absolute atomic E-state index is 0.217. The molecule has 1 aromatic carbocycles. The topological polar surface area (TPSA) is 71.2 Å². The van der Waals surface area contributed by atoms with Crippen molar-refractivity contribution >= 4 is 34.1 Å². The number of thiophene rings is 1. The molecule has 5 nitrogen and oxygen atoms in total. The largest absolute Gasteiger partial charge is 0.456 e. The number of aryl methyl sites for hydroxylation is 1. The van der Waals surface area contributed by atoms with E-state index in [4.69, 9.17) is 4.74 Å². The zero-order chi connectivity index (χ0) is 18.2. The Morgan fingerprint density at radius 3 is 2.85 bits per heavy atom. The Balaban J connectivity index is 1.31. The van der Waals surface area contributed by atoms with Crippen molar-refractivity contribution < 1.29 is 14.3 Å². The molecule has 0 aliphatic rings. The molecule has 6 heteroatoms. The third kappa shape index (κ3) is 5.20. The van der Waals surface area contributed by atoms with E-state index >= 15 is 0 Å². The van der Waals surface area contributed by atoms with Crippen LogP contribution in [0.25, 0.3) is 10.9 Å². The van der Waals surface area contributed by atoms with E-state index in [0.717, 1.165) is 30.3 Å². The van der Waals surface area contributed by atoms with Gasteiger partial charge < -0.3 is 15.0 Å². The van der Waals surface area contributed by atoms with Gasteiger partial charge in [0, 0.05) is 34.9 Å². The summed E-state index contributed by atoms with van der Waals surface area (Å²) in [5.41, 5.74) is 2.25. The van der Waals surface area contributed by atoms with Gasteiger partial charge in [-0.2, -0.15) is 0 Å². The van der Waals surface area contributed by atoms with Gasteiger partial charge in [-0.15, -0.1) is 11.3 Å². The van der Waals surface area contributed by atoms with Crippen LogP contribution in [0.3, 0.4) is 0 Å². The Labute approximate surface area is 156 Å². The molecule has 0 fully saturated rings. The lowest BCUT2D eigenvalue weighted by atomic mass is 10.1. The van der Waals surface area contributed by atoms with Crippen LogP contribution in [0.5, 0.6) is 0 Å². The number of aromatic nitrogens is 1. The summed E-state index contributed by atoms with van der Waals surface area (Å²) in [5, 5.41) is 5.98. The van der Waals surface area contributed by atoms with Crippen molar-refractivity contribution in [2.45, 2.75) is 25.7 Å². The molecule has 0 radical (unpaired) electrons.